The molecule has 0 aliphatic rings. The van der Waals surface area contributed by atoms with Crippen LogP contribution < -0.4 is 10.2 Å². The van der Waals surface area contributed by atoms with Gasteiger partial charge in [-0.3, -0.25) is 4.79 Å². The Morgan fingerprint density at radius 1 is 1.17 bits per heavy atom. The molecule has 4 nitrogen and oxygen atoms in total. The van der Waals surface area contributed by atoms with Gasteiger partial charge in [-0.05, 0) is 64.8 Å². The summed E-state index contributed by atoms with van der Waals surface area (Å²) in [5.41, 5.74) is 4.13. The molecule has 0 aliphatic carbocycles. The van der Waals surface area contributed by atoms with E-state index < -0.39 is 6.61 Å². The number of hydrogen-bond acceptors (Lipinski definition) is 3. The van der Waals surface area contributed by atoms with Gasteiger partial charge in [-0.2, -0.15) is 13.9 Å². The molecule has 0 saturated heterocycles. The van der Waals surface area contributed by atoms with Crippen LogP contribution in [0.4, 0.5) is 8.78 Å². The topological polar surface area (TPSA) is 50.7 Å². The third-order valence-corrected chi connectivity index (χ3v) is 3.63. The molecular weight excluding hydrogens is 370 g/mol. The smallest absolute Gasteiger partial charge is 0.387 e. The van der Waals surface area contributed by atoms with Crippen molar-refractivity contribution >= 4 is 27.5 Å². The van der Waals surface area contributed by atoms with Crippen LogP contribution in [0.25, 0.3) is 0 Å². The van der Waals surface area contributed by atoms with Crippen molar-refractivity contribution in [1.29, 1.82) is 0 Å². The van der Waals surface area contributed by atoms with Gasteiger partial charge in [0.25, 0.3) is 5.91 Å². The maximum Gasteiger partial charge on any atom is 0.387 e. The maximum atomic E-state index is 12.1. The van der Waals surface area contributed by atoms with E-state index >= 15 is 0 Å². The Bertz CT molecular complexity index is 718. The number of ether oxygens (including phenoxy) is 1. The van der Waals surface area contributed by atoms with Gasteiger partial charge in [-0.15, -0.1) is 0 Å². The first-order chi connectivity index (χ1) is 11.0. The zero-order chi connectivity index (χ0) is 16.8. The van der Waals surface area contributed by atoms with Crippen LogP contribution in [0.5, 0.6) is 5.75 Å². The van der Waals surface area contributed by atoms with E-state index in [1.807, 2.05) is 0 Å². The van der Waals surface area contributed by atoms with Crippen LogP contribution in [-0.2, 0) is 0 Å². The van der Waals surface area contributed by atoms with Crippen LogP contribution in [0.1, 0.15) is 22.8 Å². The normalized spacial score (nSPS) is 11.4. The number of amides is 1. The van der Waals surface area contributed by atoms with Gasteiger partial charge in [-0.25, -0.2) is 5.43 Å². The summed E-state index contributed by atoms with van der Waals surface area (Å²) < 4.78 is 29.1. The molecule has 1 amide bonds. The lowest BCUT2D eigenvalue weighted by Gasteiger charge is -2.06. The van der Waals surface area contributed by atoms with Crippen molar-refractivity contribution < 1.29 is 18.3 Å². The number of hydrogen-bond donors (Lipinski definition) is 1. The second kappa shape index (κ2) is 7.82. The highest BCUT2D eigenvalue weighted by Gasteiger charge is 2.09. The lowest BCUT2D eigenvalue weighted by atomic mass is 10.1. The average Bonchev–Trinajstić information content (AvgIpc) is 2.53. The molecule has 23 heavy (non-hydrogen) atoms. The molecule has 0 saturated carbocycles. The van der Waals surface area contributed by atoms with E-state index in [4.69, 9.17) is 0 Å². The predicted molar refractivity (Wildman–Crippen MR) is 86.9 cm³/mol. The molecule has 1 N–H and O–H groups in total. The third kappa shape index (κ3) is 4.85. The Morgan fingerprint density at radius 3 is 2.43 bits per heavy atom. The first kappa shape index (κ1) is 17.1. The minimum atomic E-state index is -2.86. The number of rotatable bonds is 5. The number of alkyl halides is 2. The molecule has 0 heterocycles. The molecule has 2 rings (SSSR count). The Morgan fingerprint density at radius 2 is 1.83 bits per heavy atom. The van der Waals surface area contributed by atoms with Gasteiger partial charge in [0.1, 0.15) is 5.75 Å². The summed E-state index contributed by atoms with van der Waals surface area (Å²) in [5.74, 6) is -0.289. The molecule has 0 radical (unpaired) electrons. The molecule has 2 aromatic rings. The zero-order valence-corrected chi connectivity index (χ0v) is 13.7. The van der Waals surface area contributed by atoms with Crippen LogP contribution in [0, 0.1) is 0 Å². The number of carbonyl (C=O) groups is 1. The molecule has 120 valence electrons. The van der Waals surface area contributed by atoms with E-state index in [0.717, 1.165) is 0 Å². The van der Waals surface area contributed by atoms with E-state index in [-0.39, 0.29) is 11.7 Å². The highest BCUT2D eigenvalue weighted by atomic mass is 79.9. The highest BCUT2D eigenvalue weighted by molar-refractivity contribution is 9.10. The van der Waals surface area contributed by atoms with Gasteiger partial charge in [0.05, 0.1) is 11.3 Å². The summed E-state index contributed by atoms with van der Waals surface area (Å²) in [5, 5.41) is 4.01. The van der Waals surface area contributed by atoms with Crippen molar-refractivity contribution in [1.82, 2.24) is 5.43 Å². The van der Waals surface area contributed by atoms with Crippen LogP contribution in [0.15, 0.2) is 58.1 Å². The predicted octanol–water partition coefficient (Wildman–Crippen LogP) is 4.20. The average molecular weight is 383 g/mol. The van der Waals surface area contributed by atoms with E-state index in [0.29, 0.717) is 21.3 Å². The summed E-state index contributed by atoms with van der Waals surface area (Å²) in [4.78, 5) is 12.0. The zero-order valence-electron chi connectivity index (χ0n) is 12.1. The van der Waals surface area contributed by atoms with E-state index in [2.05, 4.69) is 31.2 Å². The molecule has 2 aromatic carbocycles. The van der Waals surface area contributed by atoms with Crippen molar-refractivity contribution in [2.75, 3.05) is 0 Å². The molecule has 7 heteroatoms. The molecule has 0 aromatic heterocycles. The summed E-state index contributed by atoms with van der Waals surface area (Å²) in [7, 11) is 0. The van der Waals surface area contributed by atoms with E-state index in [1.165, 1.54) is 12.1 Å². The number of halogens is 3. The molecule has 0 atom stereocenters. The first-order valence-corrected chi connectivity index (χ1v) is 7.41. The Kier molecular flexibility index (Phi) is 5.81. The van der Waals surface area contributed by atoms with Gasteiger partial charge < -0.3 is 4.74 Å². The Labute approximate surface area is 140 Å². The van der Waals surface area contributed by atoms with Crippen LogP contribution in [-0.4, -0.2) is 18.2 Å². The molecular formula is C16H13BrF2N2O2. The lowest BCUT2D eigenvalue weighted by Crippen LogP contribution is -2.19. The number of nitrogens with zero attached hydrogens (tertiary/aromatic N) is 1. The number of hydrazone groups is 1. The van der Waals surface area contributed by atoms with E-state index in [9.17, 15) is 13.6 Å². The molecule has 0 unspecified atom stereocenters. The van der Waals surface area contributed by atoms with Gasteiger partial charge in [0.2, 0.25) is 0 Å². The largest absolute Gasteiger partial charge is 0.435 e. The fourth-order valence-corrected chi connectivity index (χ4v) is 2.25. The number of nitrogens with one attached hydrogen (secondary N) is 1. The standard InChI is InChI=1S/C16H13BrF2N2O2/c1-10(11-6-8-12(9-7-11)23-16(18)19)20-21-15(22)13-4-2-3-5-14(13)17/h2-9,16H,1H3,(H,21,22)/b20-10-. The third-order valence-electron chi connectivity index (χ3n) is 2.94. The minimum Gasteiger partial charge on any atom is -0.435 e. The fraction of sp³-hybridized carbons (Fsp3) is 0.125. The number of carbonyl (C=O) groups excluding carboxylic acids is 1. The van der Waals surface area contributed by atoms with E-state index in [1.54, 1.807) is 43.3 Å². The van der Waals surface area contributed by atoms with Gasteiger partial charge in [0, 0.05) is 4.47 Å². The highest BCUT2D eigenvalue weighted by Crippen LogP contribution is 2.16. The first-order valence-electron chi connectivity index (χ1n) is 6.62. The Balaban J connectivity index is 2.05. The maximum absolute atomic E-state index is 12.1. The number of benzene rings is 2. The molecule has 0 aliphatic heterocycles. The van der Waals surface area contributed by atoms with Crippen molar-refractivity contribution in [3.05, 3.63) is 64.1 Å². The van der Waals surface area contributed by atoms with Crippen molar-refractivity contribution in [2.45, 2.75) is 13.5 Å². The van der Waals surface area contributed by atoms with Gasteiger partial charge in [-0.1, -0.05) is 12.1 Å². The lowest BCUT2D eigenvalue weighted by molar-refractivity contribution is -0.0498. The summed E-state index contributed by atoms with van der Waals surface area (Å²) in [6.45, 7) is -1.16. The molecule has 0 bridgehead atoms. The van der Waals surface area contributed by atoms with Crippen molar-refractivity contribution in [2.24, 2.45) is 5.10 Å². The monoisotopic (exact) mass is 382 g/mol. The van der Waals surface area contributed by atoms with Crippen molar-refractivity contribution in [3.8, 4) is 5.75 Å². The van der Waals surface area contributed by atoms with Crippen molar-refractivity contribution in [3.63, 3.8) is 0 Å². The van der Waals surface area contributed by atoms with Crippen LogP contribution >= 0.6 is 15.9 Å². The Hall–Kier alpha value is -2.28. The summed E-state index contributed by atoms with van der Waals surface area (Å²) >= 11 is 3.29. The fourth-order valence-electron chi connectivity index (χ4n) is 1.78. The second-order valence-corrected chi connectivity index (χ2v) is 5.38. The van der Waals surface area contributed by atoms with Crippen LogP contribution in [0.2, 0.25) is 0 Å². The second-order valence-electron chi connectivity index (χ2n) is 4.52. The summed E-state index contributed by atoms with van der Waals surface area (Å²) in [6, 6.07) is 13.0. The quantitative estimate of drug-likeness (QED) is 0.622. The minimum absolute atomic E-state index is 0.0637. The van der Waals surface area contributed by atoms with Crippen LogP contribution in [0.3, 0.4) is 0 Å². The van der Waals surface area contributed by atoms with Gasteiger partial charge in [0.15, 0.2) is 0 Å². The summed E-state index contributed by atoms with van der Waals surface area (Å²) in [6.07, 6.45) is 0. The molecule has 0 fully saturated rings. The molecule has 0 spiro atoms. The van der Waals surface area contributed by atoms with Gasteiger partial charge >= 0.3 is 6.61 Å². The SMILES string of the molecule is C/C(=N/NC(=O)c1ccccc1Br)c1ccc(OC(F)F)cc1.